The molecule has 0 atom stereocenters. The highest BCUT2D eigenvalue weighted by atomic mass is 16.5. The smallest absolute Gasteiger partial charge is 0.339 e. The summed E-state index contributed by atoms with van der Waals surface area (Å²) in [5, 5.41) is 11.9. The Morgan fingerprint density at radius 3 is 2.37 bits per heavy atom. The third-order valence-electron chi connectivity index (χ3n) is 4.35. The predicted molar refractivity (Wildman–Crippen MR) is 102 cm³/mol. The fourth-order valence-corrected chi connectivity index (χ4v) is 2.59. The van der Waals surface area contributed by atoms with Crippen molar-refractivity contribution in [2.45, 2.75) is 46.6 Å². The zero-order chi connectivity index (χ0) is 20.2. The Morgan fingerprint density at radius 2 is 1.85 bits per heavy atom. The van der Waals surface area contributed by atoms with Crippen LogP contribution in [0.1, 0.15) is 55.1 Å². The number of hydrogen-bond acceptors (Lipinski definition) is 4. The number of carboxylic acid groups (broad SMARTS) is 1. The van der Waals surface area contributed by atoms with Gasteiger partial charge in [0.25, 0.3) is 0 Å². The number of hydrogen-bond donors (Lipinski definition) is 2. The summed E-state index contributed by atoms with van der Waals surface area (Å²) in [6, 6.07) is 8.93. The van der Waals surface area contributed by atoms with Crippen LogP contribution in [0.2, 0.25) is 0 Å². The van der Waals surface area contributed by atoms with Crippen molar-refractivity contribution in [3.63, 3.8) is 0 Å². The first-order chi connectivity index (χ1) is 12.6. The summed E-state index contributed by atoms with van der Waals surface area (Å²) < 4.78 is 11.1. The molecule has 0 saturated carbocycles. The number of benzene rings is 1. The summed E-state index contributed by atoms with van der Waals surface area (Å²) in [5.74, 6) is 0.724. The Morgan fingerprint density at radius 1 is 1.22 bits per heavy atom. The summed E-state index contributed by atoms with van der Waals surface area (Å²) in [6.45, 7) is 10.2. The van der Waals surface area contributed by atoms with Gasteiger partial charge in [-0.1, -0.05) is 26.0 Å². The van der Waals surface area contributed by atoms with Gasteiger partial charge in [0.05, 0.1) is 18.6 Å². The van der Waals surface area contributed by atoms with Crippen molar-refractivity contribution in [1.82, 2.24) is 5.32 Å². The first-order valence-electron chi connectivity index (χ1n) is 8.95. The van der Waals surface area contributed by atoms with Gasteiger partial charge in [0, 0.05) is 0 Å². The molecule has 146 valence electrons. The summed E-state index contributed by atoms with van der Waals surface area (Å²) >= 11 is 0. The molecule has 0 aliphatic rings. The average Bonchev–Trinajstić information content (AvgIpc) is 2.99. The Bertz CT molecular complexity index is 802. The minimum atomic E-state index is -1.05. The minimum Gasteiger partial charge on any atom is -0.493 e. The third-order valence-corrected chi connectivity index (χ3v) is 4.35. The van der Waals surface area contributed by atoms with E-state index in [0.29, 0.717) is 24.0 Å². The molecule has 0 bridgehead atoms. The van der Waals surface area contributed by atoms with Crippen molar-refractivity contribution in [3.8, 4) is 5.75 Å². The third kappa shape index (κ3) is 5.12. The van der Waals surface area contributed by atoms with E-state index in [0.717, 1.165) is 11.3 Å². The number of aryl methyl sites for hydroxylation is 1. The van der Waals surface area contributed by atoms with Crippen LogP contribution in [0.4, 0.5) is 0 Å². The van der Waals surface area contributed by atoms with Crippen LogP contribution in [0.5, 0.6) is 5.75 Å². The normalized spacial score (nSPS) is 11.5. The van der Waals surface area contributed by atoms with Gasteiger partial charge in [0.2, 0.25) is 5.91 Å². The molecule has 1 aromatic carbocycles. The molecule has 6 nitrogen and oxygen atoms in total. The summed E-state index contributed by atoms with van der Waals surface area (Å²) in [6.07, 6.45) is 0. The molecule has 6 heteroatoms. The molecule has 0 spiro atoms. The first-order valence-corrected chi connectivity index (χ1v) is 8.95. The highest BCUT2D eigenvalue weighted by molar-refractivity contribution is 5.89. The zero-order valence-electron chi connectivity index (χ0n) is 16.5. The Hall–Kier alpha value is -2.76. The topological polar surface area (TPSA) is 88.8 Å². The van der Waals surface area contributed by atoms with E-state index in [1.807, 2.05) is 38.1 Å². The maximum Gasteiger partial charge on any atom is 0.339 e. The monoisotopic (exact) mass is 373 g/mol. The van der Waals surface area contributed by atoms with Gasteiger partial charge in [0.1, 0.15) is 22.8 Å². The Kier molecular flexibility index (Phi) is 6.31. The number of ether oxygens (including phenoxy) is 1. The van der Waals surface area contributed by atoms with Crippen molar-refractivity contribution in [3.05, 3.63) is 53.0 Å². The van der Waals surface area contributed by atoms with Crippen molar-refractivity contribution in [1.29, 1.82) is 0 Å². The van der Waals surface area contributed by atoms with Crippen LogP contribution in [-0.2, 0) is 16.8 Å². The second-order valence-corrected chi connectivity index (χ2v) is 7.52. The fourth-order valence-electron chi connectivity index (χ4n) is 2.59. The van der Waals surface area contributed by atoms with E-state index in [1.54, 1.807) is 6.92 Å². The Labute approximate surface area is 159 Å². The maximum absolute atomic E-state index is 12.7. The Balaban J connectivity index is 2.01. The maximum atomic E-state index is 12.7. The highest BCUT2D eigenvalue weighted by Crippen LogP contribution is 2.26. The second-order valence-electron chi connectivity index (χ2n) is 7.52. The van der Waals surface area contributed by atoms with E-state index in [4.69, 9.17) is 14.3 Å². The molecule has 0 radical (unpaired) electrons. The molecule has 2 rings (SSSR count). The van der Waals surface area contributed by atoms with Crippen molar-refractivity contribution < 1.29 is 23.8 Å². The van der Waals surface area contributed by atoms with Crippen LogP contribution >= 0.6 is 0 Å². The van der Waals surface area contributed by atoms with E-state index < -0.39 is 11.4 Å². The molecule has 0 fully saturated rings. The molecule has 1 amide bonds. The molecule has 27 heavy (non-hydrogen) atoms. The van der Waals surface area contributed by atoms with Crippen molar-refractivity contribution in [2.75, 3.05) is 6.61 Å². The number of carboxylic acids is 1. The molecule has 1 heterocycles. The van der Waals surface area contributed by atoms with Gasteiger partial charge in [-0.2, -0.15) is 0 Å². The van der Waals surface area contributed by atoms with Crippen LogP contribution in [0.3, 0.4) is 0 Å². The van der Waals surface area contributed by atoms with Gasteiger partial charge in [-0.3, -0.25) is 4.79 Å². The number of nitrogens with one attached hydrogen (secondary N) is 1. The molecule has 1 aromatic heterocycles. The number of carbonyl (C=O) groups is 2. The molecule has 0 aliphatic heterocycles. The van der Waals surface area contributed by atoms with Crippen LogP contribution < -0.4 is 10.1 Å². The number of carbonyl (C=O) groups excluding carboxylic acids is 1. The predicted octanol–water partition coefficient (Wildman–Crippen LogP) is 3.92. The zero-order valence-corrected chi connectivity index (χ0v) is 16.5. The highest BCUT2D eigenvalue weighted by Gasteiger charge is 2.30. The van der Waals surface area contributed by atoms with Crippen LogP contribution in [0, 0.1) is 12.8 Å². The average molecular weight is 373 g/mol. The lowest BCUT2D eigenvalue weighted by molar-refractivity contribution is -0.125. The molecular formula is C21H27NO5. The van der Waals surface area contributed by atoms with Crippen molar-refractivity contribution >= 4 is 11.9 Å². The van der Waals surface area contributed by atoms with Crippen molar-refractivity contribution in [2.24, 2.45) is 5.92 Å². The molecule has 2 aromatic rings. The van der Waals surface area contributed by atoms with E-state index in [2.05, 4.69) is 19.2 Å². The van der Waals surface area contributed by atoms with E-state index in [1.165, 1.54) is 6.07 Å². The van der Waals surface area contributed by atoms with Crippen LogP contribution in [0.15, 0.2) is 34.7 Å². The lowest BCUT2D eigenvalue weighted by Gasteiger charge is -2.24. The lowest BCUT2D eigenvalue weighted by Crippen LogP contribution is -2.39. The van der Waals surface area contributed by atoms with Crippen LogP contribution in [-0.4, -0.2) is 23.6 Å². The number of amides is 1. The molecule has 0 saturated heterocycles. The molecule has 0 aliphatic carbocycles. The summed E-state index contributed by atoms with van der Waals surface area (Å²) in [7, 11) is 0. The number of rotatable bonds is 8. The largest absolute Gasteiger partial charge is 0.493 e. The number of furan rings is 1. The standard InChI is InChI=1S/C21H27NO5/c1-13(2)12-26-16-8-6-15(7-9-16)21(4,5)20(25)22-11-17-10-18(19(23)24)14(3)27-17/h6-10,13H,11-12H2,1-5H3,(H,22,25)(H,23,24). The summed E-state index contributed by atoms with van der Waals surface area (Å²) in [5.41, 5.74) is 0.211. The van der Waals surface area contributed by atoms with Gasteiger partial charge >= 0.3 is 5.97 Å². The minimum absolute atomic E-state index is 0.107. The molecule has 0 unspecified atom stereocenters. The van der Waals surface area contributed by atoms with Gasteiger partial charge in [-0.25, -0.2) is 4.79 Å². The molecular weight excluding hydrogens is 346 g/mol. The van der Waals surface area contributed by atoms with Gasteiger partial charge < -0.3 is 19.6 Å². The number of aromatic carboxylic acids is 1. The van der Waals surface area contributed by atoms with Gasteiger partial charge in [-0.15, -0.1) is 0 Å². The first kappa shape index (κ1) is 20.6. The second kappa shape index (κ2) is 8.29. The van der Waals surface area contributed by atoms with Crippen LogP contribution in [0.25, 0.3) is 0 Å². The van der Waals surface area contributed by atoms with Gasteiger partial charge in [0.15, 0.2) is 0 Å². The SMILES string of the molecule is Cc1oc(CNC(=O)C(C)(C)c2ccc(OCC(C)C)cc2)cc1C(=O)O. The summed E-state index contributed by atoms with van der Waals surface area (Å²) in [4.78, 5) is 23.7. The fraction of sp³-hybridized carbons (Fsp3) is 0.429. The quantitative estimate of drug-likeness (QED) is 0.732. The molecule has 2 N–H and O–H groups in total. The van der Waals surface area contributed by atoms with E-state index in [-0.39, 0.29) is 18.0 Å². The van der Waals surface area contributed by atoms with E-state index in [9.17, 15) is 9.59 Å². The van der Waals surface area contributed by atoms with Gasteiger partial charge in [-0.05, 0) is 50.5 Å². The lowest BCUT2D eigenvalue weighted by atomic mass is 9.83. The van der Waals surface area contributed by atoms with E-state index >= 15 is 0 Å².